The third-order valence-corrected chi connectivity index (χ3v) is 6.28. The zero-order valence-electron chi connectivity index (χ0n) is 18.9. The van der Waals surface area contributed by atoms with E-state index < -0.39 is 6.17 Å². The molecule has 0 bridgehead atoms. The maximum Gasteiger partial charge on any atom is 0.101 e. The number of nitriles is 1. The first-order valence-electron chi connectivity index (χ1n) is 11.3. The lowest BCUT2D eigenvalue weighted by Crippen LogP contribution is -2.33. The van der Waals surface area contributed by atoms with Crippen LogP contribution in [0.1, 0.15) is 68.6 Å². The second kappa shape index (κ2) is 13.2. The van der Waals surface area contributed by atoms with Gasteiger partial charge in [-0.3, -0.25) is 0 Å². The Balaban J connectivity index is 0.00000101. The average Bonchev–Trinajstić information content (AvgIpc) is 3.21. The van der Waals surface area contributed by atoms with E-state index in [1.54, 1.807) is 6.07 Å². The quantitative estimate of drug-likeness (QED) is 0.461. The Morgan fingerprint density at radius 3 is 2.23 bits per heavy atom. The minimum atomic E-state index is -0.591. The van der Waals surface area contributed by atoms with Crippen molar-refractivity contribution in [1.29, 1.82) is 5.26 Å². The summed E-state index contributed by atoms with van der Waals surface area (Å²) in [6, 6.07) is 22.1. The van der Waals surface area contributed by atoms with Crippen LogP contribution >= 0.6 is 0 Å². The van der Waals surface area contributed by atoms with E-state index in [-0.39, 0.29) is 0 Å². The molecule has 2 aromatic rings. The third-order valence-electron chi connectivity index (χ3n) is 6.28. The van der Waals surface area contributed by atoms with Crippen LogP contribution in [0, 0.1) is 11.3 Å². The van der Waals surface area contributed by atoms with Gasteiger partial charge in [-0.25, -0.2) is 4.39 Å². The molecule has 3 rings (SSSR count). The first-order valence-corrected chi connectivity index (χ1v) is 11.3. The standard InChI is InChI=1S/C25H34FN.C2H3N/c1-3-25(27(2)18-17-20-7-5-4-6-8-20)16-11-21-9-12-22(13-10-21)23-14-15-24(26)19-23;1-2-3/h4-10,12-13,23-25H,3,11,14-19H2,1-2H3;1H3. The predicted molar refractivity (Wildman–Crippen MR) is 124 cm³/mol. The summed E-state index contributed by atoms with van der Waals surface area (Å²) in [5, 5.41) is 7.32. The van der Waals surface area contributed by atoms with Gasteiger partial charge >= 0.3 is 0 Å². The zero-order valence-corrected chi connectivity index (χ0v) is 18.9. The molecule has 1 aliphatic rings. The normalized spacial score (nSPS) is 19.1. The van der Waals surface area contributed by atoms with Crippen molar-refractivity contribution < 1.29 is 4.39 Å². The number of benzene rings is 2. The van der Waals surface area contributed by atoms with Crippen LogP contribution in [-0.2, 0) is 12.8 Å². The van der Waals surface area contributed by atoms with Crippen molar-refractivity contribution >= 4 is 0 Å². The van der Waals surface area contributed by atoms with Crippen molar-refractivity contribution in [1.82, 2.24) is 4.90 Å². The minimum absolute atomic E-state index is 0.432. The van der Waals surface area contributed by atoms with Gasteiger partial charge < -0.3 is 4.90 Å². The Morgan fingerprint density at radius 2 is 1.67 bits per heavy atom. The molecule has 1 saturated carbocycles. The van der Waals surface area contributed by atoms with Gasteiger partial charge in [-0.1, -0.05) is 61.5 Å². The topological polar surface area (TPSA) is 27.0 Å². The molecule has 3 atom stereocenters. The van der Waals surface area contributed by atoms with E-state index in [1.165, 1.54) is 36.5 Å². The summed E-state index contributed by atoms with van der Waals surface area (Å²) in [7, 11) is 2.26. The summed E-state index contributed by atoms with van der Waals surface area (Å²) in [6.07, 6.45) is 6.46. The highest BCUT2D eigenvalue weighted by Gasteiger charge is 2.25. The van der Waals surface area contributed by atoms with Crippen LogP contribution in [-0.4, -0.2) is 30.7 Å². The number of halogens is 1. The van der Waals surface area contributed by atoms with Crippen molar-refractivity contribution in [2.75, 3.05) is 13.6 Å². The van der Waals surface area contributed by atoms with Crippen LogP contribution in [0.2, 0.25) is 0 Å². The molecule has 0 heterocycles. The number of hydrogen-bond donors (Lipinski definition) is 0. The lowest BCUT2D eigenvalue weighted by atomic mass is 9.95. The number of rotatable bonds is 9. The Morgan fingerprint density at radius 1 is 1.03 bits per heavy atom. The zero-order chi connectivity index (χ0) is 21.8. The molecule has 2 aromatic carbocycles. The van der Waals surface area contributed by atoms with Gasteiger partial charge in [0, 0.05) is 19.5 Å². The lowest BCUT2D eigenvalue weighted by molar-refractivity contribution is 0.227. The van der Waals surface area contributed by atoms with E-state index in [0.29, 0.717) is 18.4 Å². The highest BCUT2D eigenvalue weighted by Crippen LogP contribution is 2.36. The fourth-order valence-electron chi connectivity index (χ4n) is 4.39. The van der Waals surface area contributed by atoms with E-state index in [0.717, 1.165) is 32.2 Å². The maximum atomic E-state index is 13.4. The van der Waals surface area contributed by atoms with Crippen molar-refractivity contribution in [2.45, 2.75) is 76.9 Å². The summed E-state index contributed by atoms with van der Waals surface area (Å²) in [6.45, 7) is 4.83. The van der Waals surface area contributed by atoms with E-state index in [4.69, 9.17) is 5.26 Å². The molecular weight excluding hydrogens is 371 g/mol. The highest BCUT2D eigenvalue weighted by atomic mass is 19.1. The van der Waals surface area contributed by atoms with Crippen molar-refractivity contribution in [3.63, 3.8) is 0 Å². The van der Waals surface area contributed by atoms with Gasteiger partial charge in [0.25, 0.3) is 0 Å². The molecule has 30 heavy (non-hydrogen) atoms. The van der Waals surface area contributed by atoms with Crippen LogP contribution in [0.25, 0.3) is 0 Å². The second-order valence-electron chi connectivity index (χ2n) is 8.39. The Hall–Kier alpha value is -2.18. The van der Waals surface area contributed by atoms with Gasteiger partial charge in [-0.2, -0.15) is 5.26 Å². The Kier molecular flexibility index (Phi) is 10.6. The van der Waals surface area contributed by atoms with Gasteiger partial charge in [-0.05, 0) is 74.6 Å². The van der Waals surface area contributed by atoms with Gasteiger partial charge in [0.05, 0.1) is 6.07 Å². The number of nitrogens with zero attached hydrogens (tertiary/aromatic N) is 2. The summed E-state index contributed by atoms with van der Waals surface area (Å²) in [5.41, 5.74) is 4.14. The van der Waals surface area contributed by atoms with E-state index >= 15 is 0 Å². The van der Waals surface area contributed by atoms with Gasteiger partial charge in [0.2, 0.25) is 0 Å². The number of alkyl halides is 1. The molecule has 2 nitrogen and oxygen atoms in total. The van der Waals surface area contributed by atoms with Crippen molar-refractivity contribution in [2.24, 2.45) is 0 Å². The lowest BCUT2D eigenvalue weighted by Gasteiger charge is -2.27. The van der Waals surface area contributed by atoms with Crippen LogP contribution < -0.4 is 0 Å². The average molecular weight is 409 g/mol. The maximum absolute atomic E-state index is 13.4. The van der Waals surface area contributed by atoms with Gasteiger partial charge in [0.15, 0.2) is 0 Å². The SMILES string of the molecule is CC#N.CCC(CCc1ccc(C2CCC(F)C2)cc1)N(C)CCc1ccccc1. The van der Waals surface area contributed by atoms with E-state index in [2.05, 4.69) is 73.5 Å². The van der Waals surface area contributed by atoms with Gasteiger partial charge in [-0.15, -0.1) is 0 Å². The molecule has 3 unspecified atom stereocenters. The predicted octanol–water partition coefficient (Wildman–Crippen LogP) is 6.71. The fraction of sp³-hybridized carbons (Fsp3) is 0.519. The minimum Gasteiger partial charge on any atom is -0.303 e. The molecule has 0 radical (unpaired) electrons. The summed E-state index contributed by atoms with van der Waals surface area (Å²) >= 11 is 0. The Labute approximate surface area is 182 Å². The molecule has 0 spiro atoms. The van der Waals surface area contributed by atoms with E-state index in [9.17, 15) is 4.39 Å². The first kappa shape index (κ1) is 24.1. The molecule has 0 aliphatic heterocycles. The largest absolute Gasteiger partial charge is 0.303 e. The summed E-state index contributed by atoms with van der Waals surface area (Å²) < 4.78 is 13.4. The smallest absolute Gasteiger partial charge is 0.101 e. The van der Waals surface area contributed by atoms with Gasteiger partial charge in [0.1, 0.15) is 6.17 Å². The van der Waals surface area contributed by atoms with Crippen molar-refractivity contribution in [3.8, 4) is 6.07 Å². The molecule has 0 N–H and O–H groups in total. The van der Waals surface area contributed by atoms with E-state index in [1.807, 2.05) is 0 Å². The van der Waals surface area contributed by atoms with Crippen LogP contribution in [0.3, 0.4) is 0 Å². The molecule has 0 aromatic heterocycles. The molecule has 0 amide bonds. The van der Waals surface area contributed by atoms with Crippen LogP contribution in [0.5, 0.6) is 0 Å². The molecule has 1 fully saturated rings. The number of hydrogen-bond acceptors (Lipinski definition) is 2. The Bertz CT molecular complexity index is 751. The van der Waals surface area contributed by atoms with Crippen molar-refractivity contribution in [3.05, 3.63) is 71.3 Å². The molecule has 3 heteroatoms. The number of likely N-dealkylation sites (N-methyl/N-ethyl adjacent to an activating group) is 1. The second-order valence-corrected chi connectivity index (χ2v) is 8.39. The third kappa shape index (κ3) is 7.92. The summed E-state index contributed by atoms with van der Waals surface area (Å²) in [5.74, 6) is 0.432. The summed E-state index contributed by atoms with van der Waals surface area (Å²) in [4.78, 5) is 2.52. The molecule has 0 saturated heterocycles. The number of aryl methyl sites for hydroxylation is 1. The highest BCUT2D eigenvalue weighted by molar-refractivity contribution is 5.26. The van der Waals surface area contributed by atoms with Crippen LogP contribution in [0.4, 0.5) is 4.39 Å². The first-order chi connectivity index (χ1) is 14.6. The molecule has 162 valence electrons. The molecular formula is C27H37FN2. The monoisotopic (exact) mass is 408 g/mol. The molecule has 1 aliphatic carbocycles. The fourth-order valence-corrected chi connectivity index (χ4v) is 4.39. The van der Waals surface area contributed by atoms with Crippen LogP contribution in [0.15, 0.2) is 54.6 Å².